The maximum absolute atomic E-state index is 3.55. The molecule has 0 heterocycles. The first-order chi connectivity index (χ1) is 6.85. The lowest BCUT2D eigenvalue weighted by Gasteiger charge is -2.16. The minimum absolute atomic E-state index is 0.929. The summed E-state index contributed by atoms with van der Waals surface area (Å²) in [4.78, 5) is 0. The molecule has 0 aromatic heterocycles. The molecule has 86 valence electrons. The van der Waals surface area contributed by atoms with E-state index in [2.05, 4.69) is 26.1 Å². The third-order valence-electron chi connectivity index (χ3n) is 2.77. The van der Waals surface area contributed by atoms with Crippen LogP contribution in [0.1, 0.15) is 65.7 Å². The van der Waals surface area contributed by atoms with Crippen LogP contribution < -0.4 is 5.32 Å². The summed E-state index contributed by atoms with van der Waals surface area (Å²) in [5, 5.41) is 3.55. The Kier molecular flexibility index (Phi) is 11.0. The lowest BCUT2D eigenvalue weighted by atomic mass is 9.96. The summed E-state index contributed by atoms with van der Waals surface area (Å²) in [6.45, 7) is 9.25. The number of rotatable bonds is 10. The molecule has 0 aliphatic heterocycles. The average Bonchev–Trinajstić information content (AvgIpc) is 2.18. The maximum atomic E-state index is 3.55. The molecule has 0 aromatic rings. The van der Waals surface area contributed by atoms with Crippen LogP contribution in [0.2, 0.25) is 0 Å². The number of unbranched alkanes of at least 4 members (excludes halogenated alkanes) is 2. The molecule has 0 amide bonds. The lowest BCUT2D eigenvalue weighted by Crippen LogP contribution is -2.23. The van der Waals surface area contributed by atoms with Crippen LogP contribution in [-0.2, 0) is 0 Å². The van der Waals surface area contributed by atoms with Gasteiger partial charge in [-0.25, -0.2) is 0 Å². The van der Waals surface area contributed by atoms with E-state index in [1.165, 1.54) is 58.0 Å². The highest BCUT2D eigenvalue weighted by Crippen LogP contribution is 2.14. The molecule has 0 aliphatic rings. The second kappa shape index (κ2) is 11.0. The number of hydrogen-bond acceptors (Lipinski definition) is 1. The van der Waals surface area contributed by atoms with Crippen LogP contribution >= 0.6 is 0 Å². The summed E-state index contributed by atoms with van der Waals surface area (Å²) in [5.74, 6) is 0.929. The van der Waals surface area contributed by atoms with Crippen molar-refractivity contribution in [3.63, 3.8) is 0 Å². The standard InChI is InChI=1S/C13H29N/c1-4-7-8-10-13(9-5-2)12-14-11-6-3/h13-14H,4-12H2,1-3H3. The molecule has 1 N–H and O–H groups in total. The zero-order valence-corrected chi connectivity index (χ0v) is 10.4. The van der Waals surface area contributed by atoms with Gasteiger partial charge in [0.2, 0.25) is 0 Å². The van der Waals surface area contributed by atoms with E-state index >= 15 is 0 Å². The smallest absolute Gasteiger partial charge is 0.00205 e. The third kappa shape index (κ3) is 8.55. The van der Waals surface area contributed by atoms with Gasteiger partial charge in [0.1, 0.15) is 0 Å². The molecule has 0 saturated carbocycles. The minimum atomic E-state index is 0.929. The third-order valence-corrected chi connectivity index (χ3v) is 2.77. The highest BCUT2D eigenvalue weighted by Gasteiger charge is 2.06. The summed E-state index contributed by atoms with van der Waals surface area (Å²) in [6, 6.07) is 0. The molecule has 1 nitrogen and oxygen atoms in total. The van der Waals surface area contributed by atoms with Crippen LogP contribution in [-0.4, -0.2) is 13.1 Å². The molecule has 0 rings (SSSR count). The zero-order chi connectivity index (χ0) is 10.6. The molecule has 1 unspecified atom stereocenters. The van der Waals surface area contributed by atoms with Crippen LogP contribution in [0.4, 0.5) is 0 Å². The Morgan fingerprint density at radius 3 is 2.21 bits per heavy atom. The van der Waals surface area contributed by atoms with Gasteiger partial charge in [-0.3, -0.25) is 0 Å². The number of hydrogen-bond donors (Lipinski definition) is 1. The second-order valence-corrected chi connectivity index (χ2v) is 4.35. The van der Waals surface area contributed by atoms with Gasteiger partial charge < -0.3 is 5.32 Å². The van der Waals surface area contributed by atoms with E-state index in [1.807, 2.05) is 0 Å². The minimum Gasteiger partial charge on any atom is -0.316 e. The van der Waals surface area contributed by atoms with Crippen molar-refractivity contribution in [1.29, 1.82) is 0 Å². The molecule has 0 aromatic carbocycles. The van der Waals surface area contributed by atoms with E-state index in [0.717, 1.165) is 5.92 Å². The van der Waals surface area contributed by atoms with E-state index < -0.39 is 0 Å². The highest BCUT2D eigenvalue weighted by molar-refractivity contribution is 4.62. The predicted octanol–water partition coefficient (Wildman–Crippen LogP) is 3.98. The largest absolute Gasteiger partial charge is 0.316 e. The lowest BCUT2D eigenvalue weighted by molar-refractivity contribution is 0.398. The SMILES string of the molecule is CCCCCC(CCC)CNCCC. The average molecular weight is 199 g/mol. The fourth-order valence-corrected chi connectivity index (χ4v) is 1.92. The molecule has 14 heavy (non-hydrogen) atoms. The molecule has 1 heteroatoms. The van der Waals surface area contributed by atoms with Crippen molar-refractivity contribution in [2.45, 2.75) is 65.7 Å². The molecule has 0 radical (unpaired) electrons. The predicted molar refractivity (Wildman–Crippen MR) is 65.7 cm³/mol. The van der Waals surface area contributed by atoms with Gasteiger partial charge >= 0.3 is 0 Å². The summed E-state index contributed by atoms with van der Waals surface area (Å²) in [7, 11) is 0. The van der Waals surface area contributed by atoms with E-state index in [9.17, 15) is 0 Å². The molecule has 0 aliphatic carbocycles. The summed E-state index contributed by atoms with van der Waals surface area (Å²) in [5.41, 5.74) is 0. The Bertz CT molecular complexity index is 91.4. The Morgan fingerprint density at radius 2 is 1.64 bits per heavy atom. The van der Waals surface area contributed by atoms with Crippen LogP contribution in [0, 0.1) is 5.92 Å². The maximum Gasteiger partial charge on any atom is -0.00205 e. The van der Waals surface area contributed by atoms with Crippen molar-refractivity contribution in [3.05, 3.63) is 0 Å². The quantitative estimate of drug-likeness (QED) is 0.525. The van der Waals surface area contributed by atoms with Crippen molar-refractivity contribution in [2.24, 2.45) is 5.92 Å². The van der Waals surface area contributed by atoms with Crippen LogP contribution in [0.15, 0.2) is 0 Å². The van der Waals surface area contributed by atoms with Gasteiger partial charge in [-0.05, 0) is 38.3 Å². The van der Waals surface area contributed by atoms with Gasteiger partial charge in [0.05, 0.1) is 0 Å². The van der Waals surface area contributed by atoms with Gasteiger partial charge in [0.15, 0.2) is 0 Å². The molecular weight excluding hydrogens is 170 g/mol. The summed E-state index contributed by atoms with van der Waals surface area (Å²) < 4.78 is 0. The van der Waals surface area contributed by atoms with E-state index in [4.69, 9.17) is 0 Å². The van der Waals surface area contributed by atoms with Gasteiger partial charge in [0.25, 0.3) is 0 Å². The first-order valence-corrected chi connectivity index (χ1v) is 6.55. The Hall–Kier alpha value is -0.0400. The molecule has 1 atom stereocenters. The molecule has 0 fully saturated rings. The first-order valence-electron chi connectivity index (χ1n) is 6.55. The topological polar surface area (TPSA) is 12.0 Å². The molecular formula is C13H29N. The molecule has 0 saturated heterocycles. The fraction of sp³-hybridized carbons (Fsp3) is 1.00. The van der Waals surface area contributed by atoms with Crippen molar-refractivity contribution >= 4 is 0 Å². The van der Waals surface area contributed by atoms with E-state index in [-0.39, 0.29) is 0 Å². The van der Waals surface area contributed by atoms with E-state index in [1.54, 1.807) is 0 Å². The first kappa shape index (κ1) is 14.0. The van der Waals surface area contributed by atoms with Gasteiger partial charge in [-0.15, -0.1) is 0 Å². The fourth-order valence-electron chi connectivity index (χ4n) is 1.92. The Morgan fingerprint density at radius 1 is 0.857 bits per heavy atom. The Labute approximate surface area is 90.7 Å². The van der Waals surface area contributed by atoms with E-state index in [0.29, 0.717) is 0 Å². The number of nitrogens with one attached hydrogen (secondary N) is 1. The van der Waals surface area contributed by atoms with Crippen molar-refractivity contribution < 1.29 is 0 Å². The summed E-state index contributed by atoms with van der Waals surface area (Å²) in [6.07, 6.45) is 9.61. The van der Waals surface area contributed by atoms with Crippen molar-refractivity contribution in [1.82, 2.24) is 5.32 Å². The highest BCUT2D eigenvalue weighted by atomic mass is 14.8. The molecule has 0 bridgehead atoms. The normalized spacial score (nSPS) is 13.1. The van der Waals surface area contributed by atoms with Gasteiger partial charge in [-0.1, -0.05) is 46.5 Å². The second-order valence-electron chi connectivity index (χ2n) is 4.35. The van der Waals surface area contributed by atoms with Gasteiger partial charge in [-0.2, -0.15) is 0 Å². The zero-order valence-electron chi connectivity index (χ0n) is 10.4. The van der Waals surface area contributed by atoms with Crippen molar-refractivity contribution in [2.75, 3.05) is 13.1 Å². The summed E-state index contributed by atoms with van der Waals surface area (Å²) >= 11 is 0. The van der Waals surface area contributed by atoms with Crippen LogP contribution in [0.25, 0.3) is 0 Å². The van der Waals surface area contributed by atoms with Gasteiger partial charge in [0, 0.05) is 0 Å². The van der Waals surface area contributed by atoms with Crippen molar-refractivity contribution in [3.8, 4) is 0 Å². The molecule has 0 spiro atoms. The monoisotopic (exact) mass is 199 g/mol. The van der Waals surface area contributed by atoms with Crippen LogP contribution in [0.3, 0.4) is 0 Å². The Balaban J connectivity index is 3.44. The van der Waals surface area contributed by atoms with Crippen LogP contribution in [0.5, 0.6) is 0 Å².